The lowest BCUT2D eigenvalue weighted by atomic mass is 9.94. The number of nitrogens with two attached hydrogens (primary N) is 1. The number of hydrogen-bond donors (Lipinski definition) is 2. The van der Waals surface area contributed by atoms with Gasteiger partial charge in [-0.15, -0.1) is 0 Å². The van der Waals surface area contributed by atoms with Crippen LogP contribution in [0.2, 0.25) is 0 Å². The summed E-state index contributed by atoms with van der Waals surface area (Å²) < 4.78 is 0. The van der Waals surface area contributed by atoms with Crippen LogP contribution in [0.3, 0.4) is 0 Å². The minimum absolute atomic E-state index is 0.344. The molecule has 0 amide bonds. The summed E-state index contributed by atoms with van der Waals surface area (Å²) in [4.78, 5) is 0. The number of anilines is 1. The van der Waals surface area contributed by atoms with Gasteiger partial charge in [-0.25, -0.2) is 0 Å². The largest absolute Gasteiger partial charge is 0.398 e. The molecule has 16 heavy (non-hydrogen) atoms. The molecular formula is C14H24N2. The molecule has 0 aliphatic heterocycles. The van der Waals surface area contributed by atoms with Crippen LogP contribution in [-0.2, 0) is 0 Å². The molecular weight excluding hydrogens is 196 g/mol. The summed E-state index contributed by atoms with van der Waals surface area (Å²) in [5, 5.41) is 3.64. The molecule has 3 N–H and O–H groups in total. The van der Waals surface area contributed by atoms with Crippen LogP contribution in [0.15, 0.2) is 24.3 Å². The SMILES string of the molecule is CCC(C)NC(c1ccccc1N)C(C)C. The molecule has 0 fully saturated rings. The van der Waals surface area contributed by atoms with E-state index < -0.39 is 0 Å². The summed E-state index contributed by atoms with van der Waals surface area (Å²) in [7, 11) is 0. The average molecular weight is 220 g/mol. The summed E-state index contributed by atoms with van der Waals surface area (Å²) in [5.74, 6) is 0.540. The molecule has 0 saturated carbocycles. The summed E-state index contributed by atoms with van der Waals surface area (Å²) in [6.07, 6.45) is 1.13. The third-order valence-electron chi connectivity index (χ3n) is 3.07. The van der Waals surface area contributed by atoms with Gasteiger partial charge in [-0.05, 0) is 30.9 Å². The number of nitrogen functional groups attached to an aromatic ring is 1. The van der Waals surface area contributed by atoms with E-state index in [-0.39, 0.29) is 0 Å². The molecule has 0 heterocycles. The monoisotopic (exact) mass is 220 g/mol. The van der Waals surface area contributed by atoms with Crippen molar-refractivity contribution in [3.05, 3.63) is 29.8 Å². The van der Waals surface area contributed by atoms with Crippen molar-refractivity contribution in [2.45, 2.75) is 46.2 Å². The molecule has 2 nitrogen and oxygen atoms in total. The maximum atomic E-state index is 6.04. The third kappa shape index (κ3) is 3.24. The Labute approximate surface area is 99.2 Å². The predicted octanol–water partition coefficient (Wildman–Crippen LogP) is 3.35. The van der Waals surface area contributed by atoms with Gasteiger partial charge in [0.05, 0.1) is 0 Å². The van der Waals surface area contributed by atoms with E-state index in [4.69, 9.17) is 5.73 Å². The Morgan fingerprint density at radius 1 is 1.19 bits per heavy atom. The molecule has 0 bridgehead atoms. The Bertz CT molecular complexity index is 320. The quantitative estimate of drug-likeness (QED) is 0.747. The molecule has 1 rings (SSSR count). The van der Waals surface area contributed by atoms with Crippen molar-refractivity contribution in [1.29, 1.82) is 0 Å². The Morgan fingerprint density at radius 2 is 1.81 bits per heavy atom. The number of para-hydroxylation sites is 1. The summed E-state index contributed by atoms with van der Waals surface area (Å²) in [6.45, 7) is 8.87. The lowest BCUT2D eigenvalue weighted by Gasteiger charge is -2.27. The van der Waals surface area contributed by atoms with Gasteiger partial charge in [-0.2, -0.15) is 0 Å². The first-order valence-electron chi connectivity index (χ1n) is 6.16. The van der Waals surface area contributed by atoms with Crippen molar-refractivity contribution >= 4 is 5.69 Å². The molecule has 0 aromatic heterocycles. The topological polar surface area (TPSA) is 38.0 Å². The van der Waals surface area contributed by atoms with Crippen molar-refractivity contribution in [1.82, 2.24) is 5.32 Å². The van der Waals surface area contributed by atoms with Gasteiger partial charge >= 0.3 is 0 Å². The fraction of sp³-hybridized carbons (Fsp3) is 0.571. The van der Waals surface area contributed by atoms with Crippen LogP contribution in [0.4, 0.5) is 5.69 Å². The lowest BCUT2D eigenvalue weighted by Crippen LogP contribution is -2.33. The van der Waals surface area contributed by atoms with E-state index in [1.54, 1.807) is 0 Å². The van der Waals surface area contributed by atoms with Crippen LogP contribution >= 0.6 is 0 Å². The van der Waals surface area contributed by atoms with E-state index in [2.05, 4.69) is 45.1 Å². The van der Waals surface area contributed by atoms with Crippen LogP contribution in [0.1, 0.15) is 45.7 Å². The predicted molar refractivity (Wildman–Crippen MR) is 71.3 cm³/mol. The highest BCUT2D eigenvalue weighted by Crippen LogP contribution is 2.27. The first-order valence-corrected chi connectivity index (χ1v) is 6.16. The first kappa shape index (κ1) is 13.0. The van der Waals surface area contributed by atoms with E-state index in [1.807, 2.05) is 12.1 Å². The fourth-order valence-electron chi connectivity index (χ4n) is 1.86. The number of hydrogen-bond acceptors (Lipinski definition) is 2. The first-order chi connectivity index (χ1) is 7.56. The molecule has 2 unspecified atom stereocenters. The van der Waals surface area contributed by atoms with Gasteiger partial charge < -0.3 is 11.1 Å². The molecule has 2 atom stereocenters. The zero-order valence-corrected chi connectivity index (χ0v) is 10.8. The van der Waals surface area contributed by atoms with Gasteiger partial charge in [0.15, 0.2) is 0 Å². The zero-order chi connectivity index (χ0) is 12.1. The normalized spacial score (nSPS) is 15.1. The molecule has 0 spiro atoms. The second-order valence-electron chi connectivity index (χ2n) is 4.83. The van der Waals surface area contributed by atoms with Crippen molar-refractivity contribution < 1.29 is 0 Å². The minimum atomic E-state index is 0.344. The van der Waals surface area contributed by atoms with Gasteiger partial charge in [0, 0.05) is 17.8 Å². The fourth-order valence-corrected chi connectivity index (χ4v) is 1.86. The third-order valence-corrected chi connectivity index (χ3v) is 3.07. The highest BCUT2D eigenvalue weighted by molar-refractivity contribution is 5.48. The maximum absolute atomic E-state index is 6.04. The van der Waals surface area contributed by atoms with Gasteiger partial charge in [-0.1, -0.05) is 39.0 Å². The Hall–Kier alpha value is -1.02. The molecule has 2 heteroatoms. The highest BCUT2D eigenvalue weighted by atomic mass is 15.0. The molecule has 0 radical (unpaired) electrons. The van der Waals surface area contributed by atoms with Gasteiger partial charge in [0.1, 0.15) is 0 Å². The number of benzene rings is 1. The molecule has 1 aromatic carbocycles. The molecule has 1 aromatic rings. The highest BCUT2D eigenvalue weighted by Gasteiger charge is 2.18. The van der Waals surface area contributed by atoms with E-state index >= 15 is 0 Å². The van der Waals surface area contributed by atoms with E-state index in [0.717, 1.165) is 12.1 Å². The second-order valence-corrected chi connectivity index (χ2v) is 4.83. The second kappa shape index (κ2) is 5.90. The van der Waals surface area contributed by atoms with Crippen LogP contribution in [0.25, 0.3) is 0 Å². The Kier molecular flexibility index (Phi) is 4.81. The number of rotatable bonds is 5. The molecule has 0 aliphatic carbocycles. The standard InChI is InChI=1S/C14H24N2/c1-5-11(4)16-14(10(2)3)12-8-6-7-9-13(12)15/h6-11,14,16H,5,15H2,1-4H3. The average Bonchev–Trinajstić information content (AvgIpc) is 2.26. The van der Waals surface area contributed by atoms with Crippen LogP contribution in [0, 0.1) is 5.92 Å². The maximum Gasteiger partial charge on any atom is 0.0366 e. The van der Waals surface area contributed by atoms with Crippen molar-refractivity contribution in [3.8, 4) is 0 Å². The van der Waals surface area contributed by atoms with E-state index in [9.17, 15) is 0 Å². The van der Waals surface area contributed by atoms with E-state index in [1.165, 1.54) is 5.56 Å². The Morgan fingerprint density at radius 3 is 2.31 bits per heavy atom. The van der Waals surface area contributed by atoms with Gasteiger partial charge in [0.2, 0.25) is 0 Å². The molecule has 0 saturated heterocycles. The Balaban J connectivity index is 2.90. The molecule has 0 aliphatic rings. The summed E-state index contributed by atoms with van der Waals surface area (Å²) in [5.41, 5.74) is 8.14. The van der Waals surface area contributed by atoms with Crippen LogP contribution in [0.5, 0.6) is 0 Å². The summed E-state index contributed by atoms with van der Waals surface area (Å²) >= 11 is 0. The lowest BCUT2D eigenvalue weighted by molar-refractivity contribution is 0.366. The van der Waals surface area contributed by atoms with Gasteiger partial charge in [0.25, 0.3) is 0 Å². The minimum Gasteiger partial charge on any atom is -0.398 e. The van der Waals surface area contributed by atoms with Gasteiger partial charge in [-0.3, -0.25) is 0 Å². The number of nitrogens with one attached hydrogen (secondary N) is 1. The van der Waals surface area contributed by atoms with Crippen molar-refractivity contribution in [2.24, 2.45) is 5.92 Å². The van der Waals surface area contributed by atoms with Crippen molar-refractivity contribution in [3.63, 3.8) is 0 Å². The van der Waals surface area contributed by atoms with Crippen LogP contribution < -0.4 is 11.1 Å². The van der Waals surface area contributed by atoms with E-state index in [0.29, 0.717) is 18.0 Å². The zero-order valence-electron chi connectivity index (χ0n) is 10.8. The smallest absolute Gasteiger partial charge is 0.0366 e. The summed E-state index contributed by atoms with van der Waals surface area (Å²) in [6, 6.07) is 9.00. The van der Waals surface area contributed by atoms with Crippen molar-refractivity contribution in [2.75, 3.05) is 5.73 Å². The van der Waals surface area contributed by atoms with Crippen LogP contribution in [-0.4, -0.2) is 6.04 Å². The molecule has 90 valence electrons.